The molecule has 1 aliphatic heterocycles. The Balaban J connectivity index is 1.89. The fraction of sp³-hybridized carbons (Fsp3) is 0.304. The number of methoxy groups -OCH3 is 1. The Hall–Kier alpha value is -2.28. The second-order valence-corrected chi connectivity index (χ2v) is 8.54. The zero-order valence-electron chi connectivity index (χ0n) is 17.2. The van der Waals surface area contributed by atoms with Crippen molar-refractivity contribution in [2.45, 2.75) is 31.3 Å². The molecular formula is C23H24ClNO4S. The van der Waals surface area contributed by atoms with Crippen LogP contribution in [0, 0.1) is 0 Å². The van der Waals surface area contributed by atoms with Gasteiger partial charge in [-0.05, 0) is 62.2 Å². The molecule has 0 spiro atoms. The zero-order valence-corrected chi connectivity index (χ0v) is 18.8. The normalized spacial score (nSPS) is 14.2. The van der Waals surface area contributed by atoms with Crippen molar-refractivity contribution in [3.05, 3.63) is 64.0 Å². The number of amides is 2. The van der Waals surface area contributed by atoms with E-state index in [-0.39, 0.29) is 17.9 Å². The number of thioether (sulfide) groups is 1. The van der Waals surface area contributed by atoms with Gasteiger partial charge >= 0.3 is 0 Å². The van der Waals surface area contributed by atoms with Gasteiger partial charge in [-0.1, -0.05) is 35.5 Å². The summed E-state index contributed by atoms with van der Waals surface area (Å²) < 4.78 is 10.8. The van der Waals surface area contributed by atoms with Crippen molar-refractivity contribution < 1.29 is 19.1 Å². The van der Waals surface area contributed by atoms with Crippen LogP contribution in [0.5, 0.6) is 5.75 Å². The Morgan fingerprint density at radius 3 is 2.27 bits per heavy atom. The third-order valence-electron chi connectivity index (χ3n) is 4.51. The van der Waals surface area contributed by atoms with Crippen LogP contribution in [0.1, 0.15) is 25.8 Å². The smallest absolute Gasteiger partial charge is 0.268 e. The lowest BCUT2D eigenvalue weighted by molar-refractivity contribution is -0.136. The summed E-state index contributed by atoms with van der Waals surface area (Å²) in [6.07, 6.45) is 0.698. The van der Waals surface area contributed by atoms with Crippen molar-refractivity contribution in [3.63, 3.8) is 0 Å². The van der Waals surface area contributed by atoms with Gasteiger partial charge in [0.15, 0.2) is 0 Å². The number of rotatable bonds is 9. The molecule has 2 aromatic carbocycles. The van der Waals surface area contributed by atoms with Crippen LogP contribution < -0.4 is 4.74 Å². The molecule has 1 aliphatic rings. The van der Waals surface area contributed by atoms with E-state index in [1.807, 2.05) is 26.0 Å². The van der Waals surface area contributed by atoms with E-state index < -0.39 is 0 Å². The molecule has 0 radical (unpaired) electrons. The van der Waals surface area contributed by atoms with Gasteiger partial charge in [0.05, 0.1) is 23.7 Å². The number of halogens is 1. The van der Waals surface area contributed by atoms with Gasteiger partial charge < -0.3 is 9.47 Å². The van der Waals surface area contributed by atoms with Crippen LogP contribution in [0.4, 0.5) is 0 Å². The van der Waals surface area contributed by atoms with Gasteiger partial charge in [-0.2, -0.15) is 0 Å². The van der Waals surface area contributed by atoms with Crippen molar-refractivity contribution in [2.75, 3.05) is 20.3 Å². The third-order valence-corrected chi connectivity index (χ3v) is 5.86. The Morgan fingerprint density at radius 2 is 1.67 bits per heavy atom. The summed E-state index contributed by atoms with van der Waals surface area (Å²) in [6, 6.07) is 14.4. The topological polar surface area (TPSA) is 55.8 Å². The Bertz CT molecular complexity index is 939. The molecule has 0 aromatic heterocycles. The molecule has 0 aliphatic carbocycles. The molecule has 3 rings (SSSR count). The third kappa shape index (κ3) is 5.25. The maximum atomic E-state index is 13.2. The lowest BCUT2D eigenvalue weighted by atomic mass is 10.1. The van der Waals surface area contributed by atoms with E-state index in [1.54, 1.807) is 43.5 Å². The van der Waals surface area contributed by atoms with E-state index in [9.17, 15) is 9.59 Å². The van der Waals surface area contributed by atoms with E-state index in [4.69, 9.17) is 21.1 Å². The molecule has 2 aromatic rings. The van der Waals surface area contributed by atoms with Gasteiger partial charge in [-0.15, -0.1) is 0 Å². The molecular weight excluding hydrogens is 422 g/mol. The summed E-state index contributed by atoms with van der Waals surface area (Å²) >= 11 is 7.25. The maximum absolute atomic E-state index is 13.2. The van der Waals surface area contributed by atoms with Crippen molar-refractivity contribution in [1.82, 2.24) is 4.90 Å². The molecule has 0 atom stereocenters. The van der Waals surface area contributed by atoms with Crippen molar-refractivity contribution in [1.29, 1.82) is 0 Å². The fourth-order valence-electron chi connectivity index (χ4n) is 3.03. The van der Waals surface area contributed by atoms with Crippen LogP contribution in [0.2, 0.25) is 5.02 Å². The Kier molecular flexibility index (Phi) is 7.58. The molecule has 0 saturated heterocycles. The van der Waals surface area contributed by atoms with Gasteiger partial charge in [-0.25, -0.2) is 0 Å². The number of hydrogen-bond acceptors (Lipinski definition) is 5. The van der Waals surface area contributed by atoms with E-state index in [0.717, 1.165) is 4.90 Å². The highest BCUT2D eigenvalue weighted by molar-refractivity contribution is 8.04. The number of hydrogen-bond donors (Lipinski definition) is 0. The molecule has 2 amide bonds. The zero-order chi connectivity index (χ0) is 21.7. The standard InChI is InChI=1S/C23H24ClNO4S/c1-15(2)29-14-4-13-25-22(26)20(16-5-9-18(28-3)10-6-16)21(23(25)27)30-19-11-7-17(24)8-12-19/h5-12,15H,4,13-14H2,1-3H3. The average Bonchev–Trinajstić information content (AvgIpc) is 2.96. The number of carbonyl (C=O) groups is 2. The molecule has 7 heteroatoms. The SMILES string of the molecule is COc1ccc(C2=C(Sc3ccc(Cl)cc3)C(=O)N(CCCOC(C)C)C2=O)cc1. The quantitative estimate of drug-likeness (QED) is 0.400. The molecule has 0 N–H and O–H groups in total. The summed E-state index contributed by atoms with van der Waals surface area (Å²) in [5.74, 6) is 0.118. The molecule has 0 saturated carbocycles. The molecule has 0 unspecified atom stereocenters. The minimum absolute atomic E-state index is 0.110. The van der Waals surface area contributed by atoms with E-state index in [0.29, 0.717) is 46.4 Å². The molecule has 30 heavy (non-hydrogen) atoms. The van der Waals surface area contributed by atoms with Crippen LogP contribution in [-0.4, -0.2) is 43.1 Å². The van der Waals surface area contributed by atoms with Gasteiger partial charge in [0, 0.05) is 23.1 Å². The largest absolute Gasteiger partial charge is 0.497 e. The van der Waals surface area contributed by atoms with E-state index in [2.05, 4.69) is 0 Å². The molecule has 1 heterocycles. The number of imide groups is 1. The summed E-state index contributed by atoms with van der Waals surface area (Å²) in [5.41, 5.74) is 1.10. The Morgan fingerprint density at radius 1 is 1.00 bits per heavy atom. The minimum Gasteiger partial charge on any atom is -0.497 e. The molecule has 158 valence electrons. The van der Waals surface area contributed by atoms with Gasteiger partial charge in [-0.3, -0.25) is 14.5 Å². The first-order chi connectivity index (χ1) is 14.4. The Labute approximate surface area is 186 Å². The first kappa shape index (κ1) is 22.4. The van der Waals surface area contributed by atoms with Crippen molar-refractivity contribution >= 4 is 40.8 Å². The van der Waals surface area contributed by atoms with E-state index >= 15 is 0 Å². The lowest BCUT2D eigenvalue weighted by Gasteiger charge is -2.15. The number of carbonyl (C=O) groups excluding carboxylic acids is 2. The van der Waals surface area contributed by atoms with Crippen LogP contribution in [-0.2, 0) is 14.3 Å². The molecule has 0 fully saturated rings. The average molecular weight is 446 g/mol. The lowest BCUT2D eigenvalue weighted by Crippen LogP contribution is -2.33. The second-order valence-electron chi connectivity index (χ2n) is 7.02. The summed E-state index contributed by atoms with van der Waals surface area (Å²) in [5, 5.41) is 0.615. The minimum atomic E-state index is -0.286. The second kappa shape index (κ2) is 10.2. The van der Waals surface area contributed by atoms with E-state index in [1.165, 1.54) is 16.7 Å². The highest BCUT2D eigenvalue weighted by Crippen LogP contribution is 2.40. The maximum Gasteiger partial charge on any atom is 0.268 e. The van der Waals surface area contributed by atoms with Crippen LogP contribution >= 0.6 is 23.4 Å². The van der Waals surface area contributed by atoms with Crippen molar-refractivity contribution in [2.24, 2.45) is 0 Å². The predicted molar refractivity (Wildman–Crippen MR) is 120 cm³/mol. The number of ether oxygens (including phenoxy) is 2. The van der Waals surface area contributed by atoms with Crippen LogP contribution in [0.15, 0.2) is 58.3 Å². The monoisotopic (exact) mass is 445 g/mol. The highest BCUT2D eigenvalue weighted by atomic mass is 35.5. The summed E-state index contributed by atoms with van der Waals surface area (Å²) in [4.78, 5) is 28.9. The summed E-state index contributed by atoms with van der Waals surface area (Å²) in [6.45, 7) is 4.72. The first-order valence-electron chi connectivity index (χ1n) is 9.70. The van der Waals surface area contributed by atoms with Crippen molar-refractivity contribution in [3.8, 4) is 5.75 Å². The number of benzene rings is 2. The molecule has 5 nitrogen and oxygen atoms in total. The van der Waals surface area contributed by atoms with Crippen LogP contribution in [0.25, 0.3) is 5.57 Å². The fourth-order valence-corrected chi connectivity index (χ4v) is 4.16. The molecule has 0 bridgehead atoms. The van der Waals surface area contributed by atoms with Gasteiger partial charge in [0.2, 0.25) is 0 Å². The highest BCUT2D eigenvalue weighted by Gasteiger charge is 2.39. The van der Waals surface area contributed by atoms with Gasteiger partial charge in [0.1, 0.15) is 5.75 Å². The van der Waals surface area contributed by atoms with Crippen LogP contribution in [0.3, 0.4) is 0 Å². The predicted octanol–water partition coefficient (Wildman–Crippen LogP) is 5.04. The van der Waals surface area contributed by atoms with Gasteiger partial charge in [0.25, 0.3) is 11.8 Å². The first-order valence-corrected chi connectivity index (χ1v) is 10.9. The summed E-state index contributed by atoms with van der Waals surface area (Å²) in [7, 11) is 1.58. The number of nitrogens with zero attached hydrogens (tertiary/aromatic N) is 1.